The monoisotopic (exact) mass is 208 g/mol. The number of aryl methyl sites for hydroxylation is 1. The van der Waals surface area contributed by atoms with E-state index in [-0.39, 0.29) is 12.4 Å². The molecule has 0 spiro atoms. The van der Waals surface area contributed by atoms with E-state index in [1.54, 1.807) is 6.92 Å². The molecule has 0 heterocycles. The topological polar surface area (TPSA) is 46.5 Å². The fourth-order valence-electron chi connectivity index (χ4n) is 1.24. The number of hydrogen-bond donors (Lipinski definition) is 1. The minimum atomic E-state index is 0.0199. The van der Waals surface area contributed by atoms with Gasteiger partial charge in [0.2, 0.25) is 0 Å². The van der Waals surface area contributed by atoms with Crippen molar-refractivity contribution in [1.82, 2.24) is 0 Å². The zero-order chi connectivity index (χ0) is 11.1. The quantitative estimate of drug-likeness (QED) is 0.772. The SMILES string of the molecule is CC(=O)CCc1ccc(OCCO)cc1. The Balaban J connectivity index is 2.45. The molecule has 3 heteroatoms. The van der Waals surface area contributed by atoms with Gasteiger partial charge in [0.25, 0.3) is 0 Å². The molecule has 3 nitrogen and oxygen atoms in total. The first-order valence-corrected chi connectivity index (χ1v) is 5.04. The van der Waals surface area contributed by atoms with Gasteiger partial charge in [0.15, 0.2) is 0 Å². The molecular weight excluding hydrogens is 192 g/mol. The van der Waals surface area contributed by atoms with Crippen LogP contribution in [0.3, 0.4) is 0 Å². The van der Waals surface area contributed by atoms with Crippen LogP contribution >= 0.6 is 0 Å². The number of Topliss-reactive ketones (excluding diaryl/α,β-unsaturated/α-hetero) is 1. The van der Waals surface area contributed by atoms with Crippen molar-refractivity contribution in [2.24, 2.45) is 0 Å². The highest BCUT2D eigenvalue weighted by atomic mass is 16.5. The fourth-order valence-corrected chi connectivity index (χ4v) is 1.24. The molecule has 0 amide bonds. The third kappa shape index (κ3) is 4.61. The summed E-state index contributed by atoms with van der Waals surface area (Å²) in [5.41, 5.74) is 1.13. The summed E-state index contributed by atoms with van der Waals surface area (Å²) in [5.74, 6) is 0.950. The largest absolute Gasteiger partial charge is 0.491 e. The van der Waals surface area contributed by atoms with Crippen LogP contribution in [0.5, 0.6) is 5.75 Å². The molecule has 0 radical (unpaired) electrons. The highest BCUT2D eigenvalue weighted by Crippen LogP contribution is 2.13. The predicted molar refractivity (Wildman–Crippen MR) is 58.0 cm³/mol. The lowest BCUT2D eigenvalue weighted by atomic mass is 10.1. The zero-order valence-corrected chi connectivity index (χ0v) is 8.90. The molecule has 0 fully saturated rings. The summed E-state index contributed by atoms with van der Waals surface area (Å²) in [4.78, 5) is 10.8. The second-order valence-electron chi connectivity index (χ2n) is 3.42. The van der Waals surface area contributed by atoms with E-state index in [2.05, 4.69) is 0 Å². The summed E-state index contributed by atoms with van der Waals surface area (Å²) in [5, 5.41) is 8.56. The number of benzene rings is 1. The van der Waals surface area contributed by atoms with Gasteiger partial charge in [0.1, 0.15) is 18.1 Å². The Morgan fingerprint density at radius 1 is 1.33 bits per heavy atom. The first kappa shape index (κ1) is 11.7. The number of carbonyl (C=O) groups excluding carboxylic acids is 1. The maximum atomic E-state index is 10.8. The van der Waals surface area contributed by atoms with E-state index < -0.39 is 0 Å². The Labute approximate surface area is 89.7 Å². The molecule has 82 valence electrons. The van der Waals surface area contributed by atoms with Gasteiger partial charge >= 0.3 is 0 Å². The van der Waals surface area contributed by atoms with Crippen molar-refractivity contribution in [3.63, 3.8) is 0 Å². The maximum Gasteiger partial charge on any atom is 0.130 e. The van der Waals surface area contributed by atoms with Crippen LogP contribution in [0.25, 0.3) is 0 Å². The Hall–Kier alpha value is -1.35. The van der Waals surface area contributed by atoms with E-state index in [0.29, 0.717) is 13.0 Å². The summed E-state index contributed by atoms with van der Waals surface area (Å²) in [6.07, 6.45) is 1.35. The number of carbonyl (C=O) groups is 1. The molecule has 0 saturated heterocycles. The highest BCUT2D eigenvalue weighted by molar-refractivity contribution is 5.75. The fraction of sp³-hybridized carbons (Fsp3) is 0.417. The summed E-state index contributed by atoms with van der Waals surface area (Å²) < 4.78 is 5.22. The predicted octanol–water partition coefficient (Wildman–Crippen LogP) is 1.58. The van der Waals surface area contributed by atoms with E-state index in [9.17, 15) is 4.79 Å². The number of aliphatic hydroxyl groups is 1. The number of hydrogen-bond acceptors (Lipinski definition) is 3. The molecule has 0 aliphatic heterocycles. The van der Waals surface area contributed by atoms with Crippen molar-refractivity contribution < 1.29 is 14.6 Å². The Morgan fingerprint density at radius 2 is 2.00 bits per heavy atom. The number of aliphatic hydroxyl groups excluding tert-OH is 1. The van der Waals surface area contributed by atoms with Gasteiger partial charge in [-0.2, -0.15) is 0 Å². The third-order valence-corrected chi connectivity index (χ3v) is 2.05. The van der Waals surface area contributed by atoms with E-state index in [4.69, 9.17) is 9.84 Å². The molecule has 0 aliphatic rings. The van der Waals surface area contributed by atoms with Crippen LogP contribution in [0.4, 0.5) is 0 Å². The first-order chi connectivity index (χ1) is 7.22. The van der Waals surface area contributed by atoms with Crippen LogP contribution in [0, 0.1) is 0 Å². The molecular formula is C12H16O3. The molecule has 0 bridgehead atoms. The molecule has 0 aromatic heterocycles. The van der Waals surface area contributed by atoms with Crippen LogP contribution in [0.2, 0.25) is 0 Å². The lowest BCUT2D eigenvalue weighted by Crippen LogP contribution is -2.01. The second-order valence-corrected chi connectivity index (χ2v) is 3.42. The van der Waals surface area contributed by atoms with Gasteiger partial charge < -0.3 is 14.6 Å². The first-order valence-electron chi connectivity index (χ1n) is 5.04. The van der Waals surface area contributed by atoms with Gasteiger partial charge in [-0.25, -0.2) is 0 Å². The summed E-state index contributed by atoms with van der Waals surface area (Å²) in [7, 11) is 0. The average molecular weight is 208 g/mol. The zero-order valence-electron chi connectivity index (χ0n) is 8.90. The van der Waals surface area contributed by atoms with Crippen LogP contribution in [-0.4, -0.2) is 24.1 Å². The molecule has 1 aromatic carbocycles. The van der Waals surface area contributed by atoms with Gasteiger partial charge in [-0.1, -0.05) is 12.1 Å². The number of ether oxygens (including phenoxy) is 1. The molecule has 1 aromatic rings. The van der Waals surface area contributed by atoms with E-state index >= 15 is 0 Å². The molecule has 0 aliphatic carbocycles. The Morgan fingerprint density at radius 3 is 2.53 bits per heavy atom. The Bertz CT molecular complexity index is 303. The highest BCUT2D eigenvalue weighted by Gasteiger charge is 1.97. The van der Waals surface area contributed by atoms with Gasteiger partial charge in [0, 0.05) is 6.42 Å². The summed E-state index contributed by atoms with van der Waals surface area (Å²) in [6.45, 7) is 1.93. The summed E-state index contributed by atoms with van der Waals surface area (Å²) >= 11 is 0. The van der Waals surface area contributed by atoms with Gasteiger partial charge in [0.05, 0.1) is 6.61 Å². The van der Waals surface area contributed by atoms with Crippen LogP contribution in [0.15, 0.2) is 24.3 Å². The van der Waals surface area contributed by atoms with Crippen molar-refractivity contribution >= 4 is 5.78 Å². The maximum absolute atomic E-state index is 10.8. The molecule has 15 heavy (non-hydrogen) atoms. The van der Waals surface area contributed by atoms with Crippen LogP contribution < -0.4 is 4.74 Å². The van der Waals surface area contributed by atoms with Crippen molar-refractivity contribution in [2.45, 2.75) is 19.8 Å². The normalized spacial score (nSPS) is 10.0. The molecule has 1 N–H and O–H groups in total. The lowest BCUT2D eigenvalue weighted by Gasteiger charge is -2.05. The van der Waals surface area contributed by atoms with E-state index in [1.807, 2.05) is 24.3 Å². The van der Waals surface area contributed by atoms with Crippen molar-refractivity contribution in [1.29, 1.82) is 0 Å². The number of rotatable bonds is 6. The van der Waals surface area contributed by atoms with Gasteiger partial charge in [-0.05, 0) is 31.0 Å². The van der Waals surface area contributed by atoms with Crippen LogP contribution in [0.1, 0.15) is 18.9 Å². The van der Waals surface area contributed by atoms with Gasteiger partial charge in [-0.15, -0.1) is 0 Å². The minimum Gasteiger partial charge on any atom is -0.491 e. The van der Waals surface area contributed by atoms with Crippen molar-refractivity contribution in [2.75, 3.05) is 13.2 Å². The lowest BCUT2D eigenvalue weighted by molar-refractivity contribution is -0.116. The minimum absolute atomic E-state index is 0.0199. The average Bonchev–Trinajstić information content (AvgIpc) is 2.25. The van der Waals surface area contributed by atoms with Crippen molar-refractivity contribution in [3.05, 3.63) is 29.8 Å². The second kappa shape index (κ2) is 6.19. The molecule has 0 unspecified atom stereocenters. The van der Waals surface area contributed by atoms with Gasteiger partial charge in [-0.3, -0.25) is 0 Å². The molecule has 1 rings (SSSR count). The Kier molecular flexibility index (Phi) is 4.84. The van der Waals surface area contributed by atoms with Crippen molar-refractivity contribution in [3.8, 4) is 5.75 Å². The standard InChI is InChI=1S/C12H16O3/c1-10(14)2-3-11-4-6-12(7-5-11)15-9-8-13/h4-7,13H,2-3,8-9H2,1H3. The summed E-state index contributed by atoms with van der Waals surface area (Å²) in [6, 6.07) is 7.58. The third-order valence-electron chi connectivity index (χ3n) is 2.05. The smallest absolute Gasteiger partial charge is 0.130 e. The number of ketones is 1. The molecule has 0 atom stereocenters. The molecule has 0 saturated carbocycles. The van der Waals surface area contributed by atoms with Crippen LogP contribution in [-0.2, 0) is 11.2 Å². The van der Waals surface area contributed by atoms with E-state index in [0.717, 1.165) is 17.7 Å². The van der Waals surface area contributed by atoms with E-state index in [1.165, 1.54) is 0 Å².